The SMILES string of the molecule is c1cncc(CN2CCOC3(CCNCC3)c3ccccc32)c1. The zero-order chi connectivity index (χ0) is 15.5. The second-order valence-corrected chi connectivity index (χ2v) is 6.39. The number of nitrogens with zero attached hydrogens (tertiary/aromatic N) is 2. The van der Waals surface area contributed by atoms with Crippen LogP contribution in [-0.4, -0.2) is 31.2 Å². The summed E-state index contributed by atoms with van der Waals surface area (Å²) in [6.45, 7) is 4.62. The quantitative estimate of drug-likeness (QED) is 0.925. The molecule has 2 aliphatic rings. The fourth-order valence-electron chi connectivity index (χ4n) is 3.80. The highest BCUT2D eigenvalue weighted by atomic mass is 16.5. The summed E-state index contributed by atoms with van der Waals surface area (Å²) in [5.41, 5.74) is 3.79. The molecule has 4 heteroatoms. The number of hydrogen-bond acceptors (Lipinski definition) is 4. The maximum absolute atomic E-state index is 6.43. The molecule has 2 aromatic rings. The largest absolute Gasteiger partial charge is 0.368 e. The third kappa shape index (κ3) is 2.84. The van der Waals surface area contributed by atoms with Gasteiger partial charge in [0, 0.05) is 36.7 Å². The minimum Gasteiger partial charge on any atom is -0.368 e. The van der Waals surface area contributed by atoms with Crippen molar-refractivity contribution in [2.75, 3.05) is 31.1 Å². The minimum absolute atomic E-state index is 0.120. The molecule has 1 N–H and O–H groups in total. The van der Waals surface area contributed by atoms with Crippen molar-refractivity contribution >= 4 is 5.69 Å². The monoisotopic (exact) mass is 309 g/mol. The van der Waals surface area contributed by atoms with Crippen LogP contribution in [0.4, 0.5) is 5.69 Å². The number of hydrogen-bond donors (Lipinski definition) is 1. The van der Waals surface area contributed by atoms with Gasteiger partial charge in [-0.3, -0.25) is 4.98 Å². The summed E-state index contributed by atoms with van der Waals surface area (Å²) in [4.78, 5) is 6.68. The van der Waals surface area contributed by atoms with Gasteiger partial charge in [-0.25, -0.2) is 0 Å². The normalized spacial score (nSPS) is 20.1. The van der Waals surface area contributed by atoms with Crippen molar-refractivity contribution in [1.29, 1.82) is 0 Å². The zero-order valence-corrected chi connectivity index (χ0v) is 13.4. The van der Waals surface area contributed by atoms with E-state index in [-0.39, 0.29) is 5.60 Å². The number of ether oxygens (including phenoxy) is 1. The average Bonchev–Trinajstić information content (AvgIpc) is 2.75. The van der Waals surface area contributed by atoms with E-state index in [1.54, 1.807) is 0 Å². The highest BCUT2D eigenvalue weighted by Gasteiger charge is 2.39. The van der Waals surface area contributed by atoms with E-state index in [0.29, 0.717) is 0 Å². The summed E-state index contributed by atoms with van der Waals surface area (Å²) in [6.07, 6.45) is 5.87. The Kier molecular flexibility index (Phi) is 4.02. The number of para-hydroxylation sites is 1. The van der Waals surface area contributed by atoms with Gasteiger partial charge in [-0.05, 0) is 43.6 Å². The Hall–Kier alpha value is -1.91. The Morgan fingerprint density at radius 2 is 2.00 bits per heavy atom. The first kappa shape index (κ1) is 14.7. The minimum atomic E-state index is -0.120. The lowest BCUT2D eigenvalue weighted by molar-refractivity contribution is -0.0643. The Morgan fingerprint density at radius 1 is 1.13 bits per heavy atom. The lowest BCUT2D eigenvalue weighted by atomic mass is 9.83. The highest BCUT2D eigenvalue weighted by Crippen LogP contribution is 2.42. The van der Waals surface area contributed by atoms with Crippen molar-refractivity contribution in [1.82, 2.24) is 10.3 Å². The lowest BCUT2D eigenvalue weighted by Crippen LogP contribution is -2.41. The van der Waals surface area contributed by atoms with Crippen LogP contribution in [0.5, 0.6) is 0 Å². The summed E-state index contributed by atoms with van der Waals surface area (Å²) >= 11 is 0. The van der Waals surface area contributed by atoms with Crippen molar-refractivity contribution in [3.8, 4) is 0 Å². The number of fused-ring (bicyclic) bond motifs is 2. The fraction of sp³-hybridized carbons (Fsp3) is 0.421. The van der Waals surface area contributed by atoms with Gasteiger partial charge in [0.25, 0.3) is 0 Å². The standard InChI is InChI=1S/C19H23N3O/c1-2-6-18-17(5-1)19(7-10-20-11-8-19)23-13-12-22(18)15-16-4-3-9-21-14-16/h1-6,9,14,20H,7-8,10-13,15H2. The number of benzene rings is 1. The van der Waals surface area contributed by atoms with E-state index in [1.807, 2.05) is 18.5 Å². The fourth-order valence-corrected chi connectivity index (χ4v) is 3.80. The third-order valence-electron chi connectivity index (χ3n) is 4.98. The number of anilines is 1. The molecule has 1 aromatic heterocycles. The molecular formula is C19H23N3O. The Labute approximate surface area is 137 Å². The summed E-state index contributed by atoms with van der Waals surface area (Å²) in [5, 5.41) is 3.46. The Balaban J connectivity index is 1.70. The highest BCUT2D eigenvalue weighted by molar-refractivity contribution is 5.57. The number of pyridine rings is 1. The van der Waals surface area contributed by atoms with Crippen molar-refractivity contribution in [3.05, 3.63) is 59.9 Å². The first-order valence-electron chi connectivity index (χ1n) is 8.45. The molecule has 120 valence electrons. The molecule has 0 atom stereocenters. The summed E-state index contributed by atoms with van der Waals surface area (Å²) < 4.78 is 6.43. The molecule has 2 aliphatic heterocycles. The topological polar surface area (TPSA) is 37.4 Å². The third-order valence-corrected chi connectivity index (χ3v) is 4.98. The van der Waals surface area contributed by atoms with Crippen molar-refractivity contribution in [3.63, 3.8) is 0 Å². The van der Waals surface area contributed by atoms with E-state index < -0.39 is 0 Å². The molecule has 1 aromatic carbocycles. The second-order valence-electron chi connectivity index (χ2n) is 6.39. The van der Waals surface area contributed by atoms with E-state index in [2.05, 4.69) is 45.5 Å². The van der Waals surface area contributed by atoms with Crippen LogP contribution in [0.15, 0.2) is 48.8 Å². The van der Waals surface area contributed by atoms with E-state index in [9.17, 15) is 0 Å². The number of aromatic nitrogens is 1. The van der Waals surface area contributed by atoms with Gasteiger partial charge in [0.15, 0.2) is 0 Å². The van der Waals surface area contributed by atoms with Crippen molar-refractivity contribution in [2.24, 2.45) is 0 Å². The summed E-state index contributed by atoms with van der Waals surface area (Å²) in [5.74, 6) is 0. The number of piperidine rings is 1. The molecule has 1 spiro atoms. The Bertz CT molecular complexity index is 653. The molecule has 0 saturated carbocycles. The van der Waals surface area contributed by atoms with Gasteiger partial charge < -0.3 is 15.0 Å². The van der Waals surface area contributed by atoms with Crippen LogP contribution in [0.2, 0.25) is 0 Å². The van der Waals surface area contributed by atoms with Crippen LogP contribution < -0.4 is 10.2 Å². The molecule has 0 bridgehead atoms. The van der Waals surface area contributed by atoms with Crippen LogP contribution in [0.3, 0.4) is 0 Å². The van der Waals surface area contributed by atoms with E-state index >= 15 is 0 Å². The maximum Gasteiger partial charge on any atom is 0.0976 e. The zero-order valence-electron chi connectivity index (χ0n) is 13.4. The number of nitrogens with one attached hydrogen (secondary N) is 1. The van der Waals surface area contributed by atoms with Gasteiger partial charge in [-0.1, -0.05) is 24.3 Å². The molecule has 3 heterocycles. The van der Waals surface area contributed by atoms with Gasteiger partial charge in [0.1, 0.15) is 0 Å². The van der Waals surface area contributed by atoms with Crippen LogP contribution in [0.1, 0.15) is 24.0 Å². The van der Waals surface area contributed by atoms with Crippen molar-refractivity contribution in [2.45, 2.75) is 25.0 Å². The molecule has 23 heavy (non-hydrogen) atoms. The lowest BCUT2D eigenvalue weighted by Gasteiger charge is -2.38. The van der Waals surface area contributed by atoms with Crippen molar-refractivity contribution < 1.29 is 4.74 Å². The first-order chi connectivity index (χ1) is 11.4. The molecule has 0 unspecified atom stereocenters. The molecule has 0 radical (unpaired) electrons. The van der Waals surface area contributed by atoms with E-state index in [1.165, 1.54) is 16.8 Å². The molecule has 1 fully saturated rings. The Morgan fingerprint density at radius 3 is 2.83 bits per heavy atom. The van der Waals surface area contributed by atoms with Crippen LogP contribution in [0, 0.1) is 0 Å². The van der Waals surface area contributed by atoms with E-state index in [4.69, 9.17) is 4.74 Å². The summed E-state index contributed by atoms with van der Waals surface area (Å²) in [6, 6.07) is 12.9. The molecule has 4 rings (SSSR count). The van der Waals surface area contributed by atoms with Gasteiger partial charge in [0.05, 0.1) is 12.2 Å². The molecule has 0 aliphatic carbocycles. The van der Waals surface area contributed by atoms with Gasteiger partial charge in [0.2, 0.25) is 0 Å². The van der Waals surface area contributed by atoms with E-state index in [0.717, 1.165) is 45.6 Å². The van der Waals surface area contributed by atoms with Crippen LogP contribution in [0.25, 0.3) is 0 Å². The smallest absolute Gasteiger partial charge is 0.0976 e. The van der Waals surface area contributed by atoms with Gasteiger partial charge in [-0.15, -0.1) is 0 Å². The molecule has 4 nitrogen and oxygen atoms in total. The summed E-state index contributed by atoms with van der Waals surface area (Å²) in [7, 11) is 0. The molecular weight excluding hydrogens is 286 g/mol. The molecule has 1 saturated heterocycles. The molecule has 0 amide bonds. The second kappa shape index (κ2) is 6.30. The average molecular weight is 309 g/mol. The van der Waals surface area contributed by atoms with Crippen LogP contribution >= 0.6 is 0 Å². The predicted molar refractivity (Wildman–Crippen MR) is 91.5 cm³/mol. The number of rotatable bonds is 2. The van der Waals surface area contributed by atoms with Gasteiger partial charge in [-0.2, -0.15) is 0 Å². The maximum atomic E-state index is 6.43. The first-order valence-corrected chi connectivity index (χ1v) is 8.45. The predicted octanol–water partition coefficient (Wildman–Crippen LogP) is 2.70. The van der Waals surface area contributed by atoms with Crippen LogP contribution in [-0.2, 0) is 16.9 Å². The van der Waals surface area contributed by atoms with Gasteiger partial charge >= 0.3 is 0 Å².